The average molecular weight is 200 g/mol. The largest absolute Gasteiger partial charge is 0.497 e. The summed E-state index contributed by atoms with van der Waals surface area (Å²) in [6.07, 6.45) is 0.598. The Kier molecular flexibility index (Phi) is 3.92. The summed E-state index contributed by atoms with van der Waals surface area (Å²) in [4.78, 5) is 0. The van der Waals surface area contributed by atoms with Crippen molar-refractivity contribution in [1.82, 2.24) is 0 Å². The second kappa shape index (κ2) is 4.99. The molecule has 0 aromatic heterocycles. The van der Waals surface area contributed by atoms with Crippen LogP contribution in [0.4, 0.5) is 0 Å². The molecule has 1 rings (SSSR count). The van der Waals surface area contributed by atoms with E-state index in [-0.39, 0.29) is 5.75 Å². The minimum atomic E-state index is -1.72. The fourth-order valence-electron chi connectivity index (χ4n) is 1.03. The van der Waals surface area contributed by atoms with E-state index in [2.05, 4.69) is 0 Å². The molecule has 1 atom stereocenters. The molecule has 0 bridgehead atoms. The minimum absolute atomic E-state index is 0.271. The van der Waals surface area contributed by atoms with Gasteiger partial charge in [0.05, 0.1) is 12.9 Å². The maximum absolute atomic E-state index is 10.4. The van der Waals surface area contributed by atoms with Crippen LogP contribution in [0.5, 0.6) is 5.75 Å². The number of methoxy groups -OCH3 is 1. The van der Waals surface area contributed by atoms with Crippen molar-refractivity contribution in [2.24, 2.45) is 0 Å². The number of hydrogen-bond acceptors (Lipinski definition) is 2. The van der Waals surface area contributed by atoms with Gasteiger partial charge in [-0.15, -0.1) is 0 Å². The van der Waals surface area contributed by atoms with Crippen molar-refractivity contribution < 1.29 is 13.5 Å². The highest BCUT2D eigenvalue weighted by atomic mass is 32.2. The summed E-state index contributed by atoms with van der Waals surface area (Å²) < 4.78 is 24.0. The molecule has 0 heterocycles. The molecule has 0 amide bonds. The van der Waals surface area contributed by atoms with Crippen LogP contribution in [0.3, 0.4) is 0 Å². The fourth-order valence-corrected chi connectivity index (χ4v) is 1.44. The lowest BCUT2D eigenvalue weighted by atomic mass is 10.2. The Bertz CT molecular complexity index is 299. The third-order valence-electron chi connectivity index (χ3n) is 1.70. The van der Waals surface area contributed by atoms with E-state index in [1.165, 1.54) is 0 Å². The lowest BCUT2D eigenvalue weighted by Crippen LogP contribution is -1.99. The van der Waals surface area contributed by atoms with Gasteiger partial charge < -0.3 is 9.29 Å². The summed E-state index contributed by atoms with van der Waals surface area (Å²) >= 11 is -1.72. The van der Waals surface area contributed by atoms with Gasteiger partial charge >= 0.3 is 0 Å². The van der Waals surface area contributed by atoms with E-state index in [4.69, 9.17) is 9.29 Å². The molecular formula is C9H12O3S. The Hall–Kier alpha value is -0.870. The van der Waals surface area contributed by atoms with Gasteiger partial charge in [0.2, 0.25) is 0 Å². The molecule has 0 fully saturated rings. The standard InChI is InChI=1S/C9H12O3S/c1-12-9-4-2-3-8(7-9)5-6-13(10)11/h2-4,7H,5-6H2,1H3,(H,10,11). The lowest BCUT2D eigenvalue weighted by Gasteiger charge is -2.02. The highest BCUT2D eigenvalue weighted by molar-refractivity contribution is 7.79. The van der Waals surface area contributed by atoms with Gasteiger partial charge in [0.15, 0.2) is 11.1 Å². The van der Waals surface area contributed by atoms with Crippen LogP contribution in [0.25, 0.3) is 0 Å². The Labute approximate surface area is 80.0 Å². The summed E-state index contributed by atoms with van der Waals surface area (Å²) in [5, 5.41) is 0. The van der Waals surface area contributed by atoms with Crippen molar-refractivity contribution in [1.29, 1.82) is 0 Å². The van der Waals surface area contributed by atoms with E-state index in [0.717, 1.165) is 11.3 Å². The molecule has 0 aliphatic rings. The average Bonchev–Trinajstić information content (AvgIpc) is 2.15. The molecule has 0 spiro atoms. The third kappa shape index (κ3) is 3.57. The molecule has 1 aromatic rings. The van der Waals surface area contributed by atoms with E-state index in [1.807, 2.05) is 24.3 Å². The molecule has 0 saturated heterocycles. The SMILES string of the molecule is COc1cccc(CCS(=O)O)c1. The normalized spacial score (nSPS) is 12.5. The zero-order chi connectivity index (χ0) is 9.68. The van der Waals surface area contributed by atoms with Crippen LogP contribution < -0.4 is 4.74 Å². The van der Waals surface area contributed by atoms with Crippen LogP contribution in [0.2, 0.25) is 0 Å². The zero-order valence-corrected chi connectivity index (χ0v) is 8.21. The van der Waals surface area contributed by atoms with Crippen LogP contribution in [-0.2, 0) is 17.5 Å². The Morgan fingerprint density at radius 2 is 2.31 bits per heavy atom. The molecule has 13 heavy (non-hydrogen) atoms. The molecular weight excluding hydrogens is 188 g/mol. The van der Waals surface area contributed by atoms with Crippen molar-refractivity contribution in [3.05, 3.63) is 29.8 Å². The topological polar surface area (TPSA) is 46.5 Å². The summed E-state index contributed by atoms with van der Waals surface area (Å²) in [7, 11) is 1.60. The summed E-state index contributed by atoms with van der Waals surface area (Å²) in [5.41, 5.74) is 1.02. The van der Waals surface area contributed by atoms with Crippen molar-refractivity contribution in [3.8, 4) is 5.75 Å². The van der Waals surface area contributed by atoms with Gasteiger partial charge in [-0.25, -0.2) is 4.21 Å². The first kappa shape index (κ1) is 10.2. The second-order valence-electron chi connectivity index (χ2n) is 2.63. The summed E-state index contributed by atoms with van der Waals surface area (Å²) in [5.74, 6) is 1.05. The highest BCUT2D eigenvalue weighted by Gasteiger charge is 1.98. The zero-order valence-electron chi connectivity index (χ0n) is 7.40. The first-order chi connectivity index (χ1) is 6.22. The van der Waals surface area contributed by atoms with E-state index < -0.39 is 11.1 Å². The molecule has 1 aromatic carbocycles. The predicted molar refractivity (Wildman–Crippen MR) is 52.3 cm³/mol. The molecule has 0 radical (unpaired) electrons. The maximum atomic E-state index is 10.4. The first-order valence-corrected chi connectivity index (χ1v) is 5.20. The van der Waals surface area contributed by atoms with Crippen molar-refractivity contribution in [2.45, 2.75) is 6.42 Å². The fraction of sp³-hybridized carbons (Fsp3) is 0.333. The summed E-state index contributed by atoms with van der Waals surface area (Å²) in [6.45, 7) is 0. The third-order valence-corrected chi connectivity index (χ3v) is 2.25. The van der Waals surface area contributed by atoms with Gasteiger partial charge in [0, 0.05) is 0 Å². The lowest BCUT2D eigenvalue weighted by molar-refractivity contribution is 0.414. The van der Waals surface area contributed by atoms with Gasteiger partial charge in [-0.05, 0) is 24.1 Å². The molecule has 3 nitrogen and oxygen atoms in total. The number of benzene rings is 1. The molecule has 0 aliphatic carbocycles. The molecule has 1 unspecified atom stereocenters. The molecule has 0 aliphatic heterocycles. The van der Waals surface area contributed by atoms with Crippen molar-refractivity contribution >= 4 is 11.1 Å². The Balaban J connectivity index is 2.61. The monoisotopic (exact) mass is 200 g/mol. The van der Waals surface area contributed by atoms with E-state index in [1.54, 1.807) is 7.11 Å². The van der Waals surface area contributed by atoms with Crippen molar-refractivity contribution in [3.63, 3.8) is 0 Å². The van der Waals surface area contributed by atoms with Crippen LogP contribution in [0.15, 0.2) is 24.3 Å². The van der Waals surface area contributed by atoms with Crippen molar-refractivity contribution in [2.75, 3.05) is 12.9 Å². The van der Waals surface area contributed by atoms with Gasteiger partial charge in [-0.2, -0.15) is 0 Å². The second-order valence-corrected chi connectivity index (χ2v) is 3.68. The molecule has 1 N–H and O–H groups in total. The maximum Gasteiger partial charge on any atom is 0.153 e. The quantitative estimate of drug-likeness (QED) is 0.748. The molecule has 72 valence electrons. The van der Waals surface area contributed by atoms with Crippen LogP contribution in [0.1, 0.15) is 5.56 Å². The number of aryl methyl sites for hydroxylation is 1. The van der Waals surface area contributed by atoms with Crippen LogP contribution in [0, 0.1) is 0 Å². The predicted octanol–water partition coefficient (Wildman–Crippen LogP) is 1.46. The summed E-state index contributed by atoms with van der Waals surface area (Å²) in [6, 6.07) is 7.50. The van der Waals surface area contributed by atoms with Crippen LogP contribution >= 0.6 is 0 Å². The van der Waals surface area contributed by atoms with E-state index in [9.17, 15) is 4.21 Å². The van der Waals surface area contributed by atoms with Gasteiger partial charge in [-0.1, -0.05) is 12.1 Å². The van der Waals surface area contributed by atoms with Gasteiger partial charge in [0.1, 0.15) is 5.75 Å². The van der Waals surface area contributed by atoms with Gasteiger partial charge in [-0.3, -0.25) is 0 Å². The number of ether oxygens (including phenoxy) is 1. The van der Waals surface area contributed by atoms with E-state index in [0.29, 0.717) is 6.42 Å². The van der Waals surface area contributed by atoms with E-state index >= 15 is 0 Å². The van der Waals surface area contributed by atoms with Gasteiger partial charge in [0.25, 0.3) is 0 Å². The Morgan fingerprint density at radius 3 is 2.92 bits per heavy atom. The molecule has 0 saturated carbocycles. The first-order valence-electron chi connectivity index (χ1n) is 3.93. The number of hydrogen-bond donors (Lipinski definition) is 1. The van der Waals surface area contributed by atoms with Crippen LogP contribution in [-0.4, -0.2) is 21.6 Å². The smallest absolute Gasteiger partial charge is 0.153 e. The highest BCUT2D eigenvalue weighted by Crippen LogP contribution is 2.12. The molecule has 4 heteroatoms. The number of rotatable bonds is 4. The minimum Gasteiger partial charge on any atom is -0.497 e. The Morgan fingerprint density at radius 1 is 1.54 bits per heavy atom.